The molecule has 2 amide bonds. The molecule has 0 aliphatic carbocycles. The average molecular weight is 244 g/mol. The van der Waals surface area contributed by atoms with Crippen LogP contribution in [-0.2, 0) is 4.79 Å². The highest BCUT2D eigenvalue weighted by Crippen LogP contribution is 2.15. The molecule has 3 N–H and O–H groups in total. The summed E-state index contributed by atoms with van der Waals surface area (Å²) in [5.41, 5.74) is 0. The Morgan fingerprint density at radius 3 is 2.59 bits per heavy atom. The number of carbonyl (C=O) groups excluding carboxylic acids is 1. The smallest absolute Gasteiger partial charge is 0.328 e. The number of carboxylic acid groups (broad SMARTS) is 1. The summed E-state index contributed by atoms with van der Waals surface area (Å²) in [6, 6.07) is -1.66. The third-order valence-corrected chi connectivity index (χ3v) is 2.97. The minimum atomic E-state index is -1.25. The zero-order chi connectivity index (χ0) is 13.0. The maximum Gasteiger partial charge on any atom is 0.328 e. The van der Waals surface area contributed by atoms with Gasteiger partial charge in [-0.3, -0.25) is 0 Å². The fraction of sp³-hybridized carbons (Fsp3) is 0.818. The van der Waals surface area contributed by atoms with Gasteiger partial charge in [-0.1, -0.05) is 6.92 Å². The van der Waals surface area contributed by atoms with Gasteiger partial charge in [0.2, 0.25) is 0 Å². The van der Waals surface area contributed by atoms with Crippen molar-refractivity contribution in [3.8, 4) is 0 Å². The number of likely N-dealkylation sites (tertiary alicyclic amines) is 1. The largest absolute Gasteiger partial charge is 0.480 e. The SMILES string of the molecule is CC1CCCN(C(=O)NC(C(=O)O)C(C)O)C1. The van der Waals surface area contributed by atoms with Crippen molar-refractivity contribution >= 4 is 12.0 Å². The molecule has 0 radical (unpaired) electrons. The molecular formula is C11H20N2O4. The zero-order valence-electron chi connectivity index (χ0n) is 10.2. The molecule has 0 aromatic heterocycles. The lowest BCUT2D eigenvalue weighted by Crippen LogP contribution is -2.54. The molecular weight excluding hydrogens is 224 g/mol. The van der Waals surface area contributed by atoms with Gasteiger partial charge in [-0.2, -0.15) is 0 Å². The lowest BCUT2D eigenvalue weighted by molar-refractivity contribution is -0.141. The quantitative estimate of drug-likeness (QED) is 0.664. The summed E-state index contributed by atoms with van der Waals surface area (Å²) < 4.78 is 0. The molecule has 0 saturated carbocycles. The van der Waals surface area contributed by atoms with E-state index in [0.717, 1.165) is 12.8 Å². The molecule has 0 aromatic carbocycles. The second-order valence-electron chi connectivity index (χ2n) is 4.70. The van der Waals surface area contributed by atoms with Crippen molar-refractivity contribution in [3.63, 3.8) is 0 Å². The van der Waals surface area contributed by atoms with Crippen LogP contribution in [0.1, 0.15) is 26.7 Å². The second kappa shape index (κ2) is 5.86. The van der Waals surface area contributed by atoms with Gasteiger partial charge in [0.1, 0.15) is 0 Å². The van der Waals surface area contributed by atoms with E-state index in [9.17, 15) is 14.7 Å². The predicted octanol–water partition coefficient (Wildman–Crippen LogP) is 0.262. The number of aliphatic hydroxyl groups excluding tert-OH is 1. The van der Waals surface area contributed by atoms with Gasteiger partial charge in [-0.25, -0.2) is 9.59 Å². The Balaban J connectivity index is 2.54. The molecule has 6 nitrogen and oxygen atoms in total. The lowest BCUT2D eigenvalue weighted by atomic mass is 10.0. The van der Waals surface area contributed by atoms with E-state index in [4.69, 9.17) is 5.11 Å². The molecule has 98 valence electrons. The fourth-order valence-electron chi connectivity index (χ4n) is 1.99. The Morgan fingerprint density at radius 2 is 2.12 bits per heavy atom. The minimum absolute atomic E-state index is 0.412. The summed E-state index contributed by atoms with van der Waals surface area (Å²) in [5, 5.41) is 20.5. The van der Waals surface area contributed by atoms with Crippen LogP contribution >= 0.6 is 0 Å². The maximum atomic E-state index is 11.8. The van der Waals surface area contributed by atoms with Gasteiger partial charge in [0, 0.05) is 13.1 Å². The number of carbonyl (C=O) groups is 2. The van der Waals surface area contributed by atoms with Crippen molar-refractivity contribution in [3.05, 3.63) is 0 Å². The molecule has 0 bridgehead atoms. The topological polar surface area (TPSA) is 89.9 Å². The van der Waals surface area contributed by atoms with Gasteiger partial charge in [0.25, 0.3) is 0 Å². The molecule has 1 saturated heterocycles. The van der Waals surface area contributed by atoms with Crippen LogP contribution in [0.25, 0.3) is 0 Å². The number of aliphatic carboxylic acids is 1. The van der Waals surface area contributed by atoms with E-state index in [2.05, 4.69) is 12.2 Å². The summed E-state index contributed by atoms with van der Waals surface area (Å²) in [4.78, 5) is 24.2. The van der Waals surface area contributed by atoms with Gasteiger partial charge in [0.15, 0.2) is 6.04 Å². The second-order valence-corrected chi connectivity index (χ2v) is 4.70. The van der Waals surface area contributed by atoms with Crippen LogP contribution in [-0.4, -0.2) is 52.3 Å². The molecule has 1 aliphatic heterocycles. The molecule has 1 rings (SSSR count). The minimum Gasteiger partial charge on any atom is -0.480 e. The van der Waals surface area contributed by atoms with Crippen LogP contribution < -0.4 is 5.32 Å². The van der Waals surface area contributed by atoms with E-state index in [1.807, 2.05) is 0 Å². The first kappa shape index (κ1) is 13.8. The molecule has 17 heavy (non-hydrogen) atoms. The molecule has 3 unspecified atom stereocenters. The van der Waals surface area contributed by atoms with Crippen LogP contribution in [0.3, 0.4) is 0 Å². The van der Waals surface area contributed by atoms with Crippen molar-refractivity contribution in [2.24, 2.45) is 5.92 Å². The third-order valence-electron chi connectivity index (χ3n) is 2.97. The fourth-order valence-corrected chi connectivity index (χ4v) is 1.99. The van der Waals surface area contributed by atoms with Crippen molar-refractivity contribution in [1.82, 2.24) is 10.2 Å². The Bertz CT molecular complexity index is 293. The van der Waals surface area contributed by atoms with Gasteiger partial charge in [0.05, 0.1) is 6.10 Å². The van der Waals surface area contributed by atoms with Gasteiger partial charge in [-0.05, 0) is 25.7 Å². The Kier molecular flexibility index (Phi) is 4.74. The van der Waals surface area contributed by atoms with Crippen molar-refractivity contribution in [2.75, 3.05) is 13.1 Å². The molecule has 3 atom stereocenters. The zero-order valence-corrected chi connectivity index (χ0v) is 10.2. The highest BCUT2D eigenvalue weighted by molar-refractivity contribution is 5.83. The average Bonchev–Trinajstić information content (AvgIpc) is 2.24. The summed E-state index contributed by atoms with van der Waals surface area (Å²) in [6.45, 7) is 4.68. The van der Waals surface area contributed by atoms with E-state index < -0.39 is 24.1 Å². The molecule has 0 aromatic rings. The van der Waals surface area contributed by atoms with Crippen LogP contribution in [0.4, 0.5) is 4.79 Å². The summed E-state index contributed by atoms with van der Waals surface area (Å²) in [6.07, 6.45) is 0.905. The number of carboxylic acids is 1. The highest BCUT2D eigenvalue weighted by Gasteiger charge is 2.28. The number of piperidine rings is 1. The van der Waals surface area contributed by atoms with E-state index >= 15 is 0 Å². The third kappa shape index (κ3) is 3.89. The normalized spacial score (nSPS) is 23.9. The first-order chi connectivity index (χ1) is 7.91. The Hall–Kier alpha value is -1.30. The van der Waals surface area contributed by atoms with E-state index in [1.165, 1.54) is 6.92 Å². The standard InChI is InChI=1S/C11H20N2O4/c1-7-4-3-5-13(6-7)11(17)12-9(8(2)14)10(15)16/h7-9,14H,3-6H2,1-2H3,(H,12,17)(H,15,16). The number of rotatable bonds is 3. The summed E-state index contributed by atoms with van der Waals surface area (Å²) >= 11 is 0. The first-order valence-electron chi connectivity index (χ1n) is 5.88. The van der Waals surface area contributed by atoms with Crippen molar-refractivity contribution in [1.29, 1.82) is 0 Å². The van der Waals surface area contributed by atoms with E-state index in [-0.39, 0.29) is 0 Å². The lowest BCUT2D eigenvalue weighted by Gasteiger charge is -2.32. The molecule has 1 heterocycles. The van der Waals surface area contributed by atoms with Gasteiger partial charge in [-0.15, -0.1) is 0 Å². The summed E-state index contributed by atoms with van der Waals surface area (Å²) in [7, 11) is 0. The number of amides is 2. The summed E-state index contributed by atoms with van der Waals surface area (Å²) in [5.74, 6) is -0.789. The van der Waals surface area contributed by atoms with Gasteiger partial charge < -0.3 is 20.4 Å². The van der Waals surface area contributed by atoms with Crippen LogP contribution in [0.15, 0.2) is 0 Å². The first-order valence-corrected chi connectivity index (χ1v) is 5.88. The van der Waals surface area contributed by atoms with Crippen molar-refractivity contribution < 1.29 is 19.8 Å². The Morgan fingerprint density at radius 1 is 1.47 bits per heavy atom. The molecule has 1 fully saturated rings. The van der Waals surface area contributed by atoms with Gasteiger partial charge >= 0.3 is 12.0 Å². The van der Waals surface area contributed by atoms with Crippen LogP contribution in [0.5, 0.6) is 0 Å². The monoisotopic (exact) mass is 244 g/mol. The number of hydrogen-bond donors (Lipinski definition) is 3. The number of hydrogen-bond acceptors (Lipinski definition) is 3. The number of urea groups is 1. The highest BCUT2D eigenvalue weighted by atomic mass is 16.4. The van der Waals surface area contributed by atoms with E-state index in [0.29, 0.717) is 19.0 Å². The number of aliphatic hydroxyl groups is 1. The number of nitrogens with zero attached hydrogens (tertiary/aromatic N) is 1. The molecule has 1 aliphatic rings. The molecule has 6 heteroatoms. The Labute approximate surface area is 101 Å². The van der Waals surface area contributed by atoms with Crippen LogP contribution in [0, 0.1) is 5.92 Å². The maximum absolute atomic E-state index is 11.8. The van der Waals surface area contributed by atoms with E-state index in [1.54, 1.807) is 4.90 Å². The predicted molar refractivity (Wildman–Crippen MR) is 61.6 cm³/mol. The van der Waals surface area contributed by atoms with Crippen molar-refractivity contribution in [2.45, 2.75) is 38.8 Å². The number of nitrogens with one attached hydrogen (secondary N) is 1. The molecule has 0 spiro atoms. The van der Waals surface area contributed by atoms with Crippen LogP contribution in [0.2, 0.25) is 0 Å².